The van der Waals surface area contributed by atoms with E-state index < -0.39 is 0 Å². The Kier molecular flexibility index (Phi) is 2.56. The number of phenols is 1. The van der Waals surface area contributed by atoms with Gasteiger partial charge in [-0.15, -0.1) is 0 Å². The van der Waals surface area contributed by atoms with Gasteiger partial charge in [-0.05, 0) is 48.6 Å². The topological polar surface area (TPSA) is 48.0 Å². The average molecular weight is 230 g/mol. The maximum absolute atomic E-state index is 9.59. The standard InChI is InChI=1S/C14H18N2O/c1-9-4-10(7-15-6-9)13-8-16-14-3-2-11(17)5-12(13)14/h2-3,5,8-10,15-17H,4,6-7H2,1H3/t9-,10-/m1/s1. The molecular weight excluding hydrogens is 212 g/mol. The Morgan fingerprint density at radius 3 is 3.00 bits per heavy atom. The van der Waals surface area contributed by atoms with Crippen molar-refractivity contribution in [2.24, 2.45) is 5.92 Å². The lowest BCUT2D eigenvalue weighted by atomic mass is 9.86. The molecule has 17 heavy (non-hydrogen) atoms. The summed E-state index contributed by atoms with van der Waals surface area (Å²) in [6.45, 7) is 4.43. The zero-order valence-corrected chi connectivity index (χ0v) is 10.0. The van der Waals surface area contributed by atoms with Gasteiger partial charge in [0.2, 0.25) is 0 Å². The van der Waals surface area contributed by atoms with Crippen LogP contribution >= 0.6 is 0 Å². The summed E-state index contributed by atoms with van der Waals surface area (Å²) in [5.41, 5.74) is 2.44. The first kappa shape index (κ1) is 10.7. The second-order valence-electron chi connectivity index (χ2n) is 5.17. The van der Waals surface area contributed by atoms with E-state index in [0.717, 1.165) is 29.9 Å². The number of nitrogens with one attached hydrogen (secondary N) is 2. The van der Waals surface area contributed by atoms with Gasteiger partial charge in [0.15, 0.2) is 0 Å². The molecule has 90 valence electrons. The molecule has 2 aromatic rings. The van der Waals surface area contributed by atoms with E-state index in [2.05, 4.69) is 23.4 Å². The highest BCUT2D eigenvalue weighted by Crippen LogP contribution is 2.33. The van der Waals surface area contributed by atoms with Crippen molar-refractivity contribution in [1.29, 1.82) is 0 Å². The number of hydrogen-bond donors (Lipinski definition) is 3. The van der Waals surface area contributed by atoms with Gasteiger partial charge in [-0.3, -0.25) is 0 Å². The molecule has 1 aliphatic rings. The Morgan fingerprint density at radius 2 is 2.18 bits per heavy atom. The third-order valence-corrected chi connectivity index (χ3v) is 3.71. The SMILES string of the molecule is C[C@H]1CNC[C@H](c2c[nH]c3ccc(O)cc23)C1. The molecule has 1 aromatic carbocycles. The molecule has 1 aromatic heterocycles. The van der Waals surface area contributed by atoms with Gasteiger partial charge in [0.1, 0.15) is 5.75 Å². The molecule has 0 saturated carbocycles. The third kappa shape index (κ3) is 1.91. The van der Waals surface area contributed by atoms with E-state index in [-0.39, 0.29) is 0 Å². The Morgan fingerprint density at radius 1 is 1.29 bits per heavy atom. The number of fused-ring (bicyclic) bond motifs is 1. The van der Waals surface area contributed by atoms with Gasteiger partial charge in [0.25, 0.3) is 0 Å². The maximum atomic E-state index is 9.59. The first-order valence-electron chi connectivity index (χ1n) is 6.25. The van der Waals surface area contributed by atoms with Crippen LogP contribution in [0, 0.1) is 5.92 Å². The van der Waals surface area contributed by atoms with Crippen molar-refractivity contribution in [2.45, 2.75) is 19.3 Å². The zero-order valence-electron chi connectivity index (χ0n) is 10.0. The Hall–Kier alpha value is -1.48. The summed E-state index contributed by atoms with van der Waals surface area (Å²) >= 11 is 0. The molecule has 2 heterocycles. The summed E-state index contributed by atoms with van der Waals surface area (Å²) in [5, 5.41) is 14.2. The molecule has 2 atom stereocenters. The number of benzene rings is 1. The molecule has 0 amide bonds. The van der Waals surface area contributed by atoms with Crippen molar-refractivity contribution in [2.75, 3.05) is 13.1 Å². The molecule has 0 spiro atoms. The quantitative estimate of drug-likeness (QED) is 0.705. The summed E-state index contributed by atoms with van der Waals surface area (Å²) in [6, 6.07) is 5.53. The number of piperidine rings is 1. The van der Waals surface area contributed by atoms with E-state index in [1.165, 1.54) is 12.0 Å². The van der Waals surface area contributed by atoms with Crippen molar-refractivity contribution in [3.05, 3.63) is 30.0 Å². The minimum Gasteiger partial charge on any atom is -0.508 e. The molecule has 0 unspecified atom stereocenters. The van der Waals surface area contributed by atoms with Crippen molar-refractivity contribution >= 4 is 10.9 Å². The molecule has 3 nitrogen and oxygen atoms in total. The van der Waals surface area contributed by atoms with E-state index in [4.69, 9.17) is 0 Å². The van der Waals surface area contributed by atoms with Crippen LogP contribution in [0.3, 0.4) is 0 Å². The fourth-order valence-electron chi connectivity index (χ4n) is 2.86. The number of aromatic amines is 1. The highest BCUT2D eigenvalue weighted by molar-refractivity contribution is 5.85. The molecule has 1 fully saturated rings. The van der Waals surface area contributed by atoms with Crippen LogP contribution in [-0.4, -0.2) is 23.2 Å². The second-order valence-corrected chi connectivity index (χ2v) is 5.17. The van der Waals surface area contributed by atoms with Gasteiger partial charge >= 0.3 is 0 Å². The molecular formula is C14H18N2O. The molecule has 3 heteroatoms. The summed E-state index contributed by atoms with van der Waals surface area (Å²) in [6.07, 6.45) is 3.31. The monoisotopic (exact) mass is 230 g/mol. The molecule has 1 aliphatic heterocycles. The smallest absolute Gasteiger partial charge is 0.116 e. The molecule has 3 N–H and O–H groups in total. The van der Waals surface area contributed by atoms with Crippen LogP contribution in [-0.2, 0) is 0 Å². The summed E-state index contributed by atoms with van der Waals surface area (Å²) < 4.78 is 0. The van der Waals surface area contributed by atoms with Gasteiger partial charge in [-0.2, -0.15) is 0 Å². The lowest BCUT2D eigenvalue weighted by Gasteiger charge is -2.27. The zero-order chi connectivity index (χ0) is 11.8. The predicted molar refractivity (Wildman–Crippen MR) is 69.4 cm³/mol. The second kappa shape index (κ2) is 4.08. The van der Waals surface area contributed by atoms with E-state index in [1.807, 2.05) is 12.1 Å². The van der Waals surface area contributed by atoms with Crippen LogP contribution in [0.5, 0.6) is 5.75 Å². The van der Waals surface area contributed by atoms with Gasteiger partial charge in [0, 0.05) is 23.6 Å². The third-order valence-electron chi connectivity index (χ3n) is 3.71. The highest BCUT2D eigenvalue weighted by atomic mass is 16.3. The first-order chi connectivity index (χ1) is 8.24. The van der Waals surface area contributed by atoms with E-state index in [9.17, 15) is 5.11 Å². The minimum atomic E-state index is 0.343. The normalized spacial score (nSPS) is 25.2. The van der Waals surface area contributed by atoms with Crippen molar-refractivity contribution < 1.29 is 5.11 Å². The summed E-state index contributed by atoms with van der Waals surface area (Å²) in [4.78, 5) is 3.29. The van der Waals surface area contributed by atoms with Crippen LogP contribution < -0.4 is 5.32 Å². The molecule has 0 bridgehead atoms. The van der Waals surface area contributed by atoms with Crippen molar-refractivity contribution in [1.82, 2.24) is 10.3 Å². The van der Waals surface area contributed by atoms with Crippen molar-refractivity contribution in [3.8, 4) is 5.75 Å². The summed E-state index contributed by atoms with van der Waals surface area (Å²) in [5.74, 6) is 1.61. The lowest BCUT2D eigenvalue weighted by Crippen LogP contribution is -2.33. The Bertz CT molecular complexity index is 532. The molecule has 1 saturated heterocycles. The van der Waals surface area contributed by atoms with Gasteiger partial charge in [-0.25, -0.2) is 0 Å². The van der Waals surface area contributed by atoms with Gasteiger partial charge in [-0.1, -0.05) is 6.92 Å². The van der Waals surface area contributed by atoms with Crippen molar-refractivity contribution in [3.63, 3.8) is 0 Å². The fraction of sp³-hybridized carbons (Fsp3) is 0.429. The Balaban J connectivity index is 2.01. The van der Waals surface area contributed by atoms with Crippen LogP contribution in [0.25, 0.3) is 10.9 Å². The predicted octanol–water partition coefficient (Wildman–Crippen LogP) is 2.59. The van der Waals surface area contributed by atoms with E-state index in [0.29, 0.717) is 11.7 Å². The fourth-order valence-corrected chi connectivity index (χ4v) is 2.86. The number of aromatic nitrogens is 1. The highest BCUT2D eigenvalue weighted by Gasteiger charge is 2.22. The molecule has 3 rings (SSSR count). The van der Waals surface area contributed by atoms with Crippen LogP contribution in [0.1, 0.15) is 24.8 Å². The number of aromatic hydroxyl groups is 1. The Labute approximate surface area is 101 Å². The average Bonchev–Trinajstić information content (AvgIpc) is 2.71. The van der Waals surface area contributed by atoms with Gasteiger partial charge in [0.05, 0.1) is 0 Å². The number of H-pyrrole nitrogens is 1. The van der Waals surface area contributed by atoms with Gasteiger partial charge < -0.3 is 15.4 Å². The van der Waals surface area contributed by atoms with E-state index >= 15 is 0 Å². The van der Waals surface area contributed by atoms with Crippen LogP contribution in [0.15, 0.2) is 24.4 Å². The van der Waals surface area contributed by atoms with Crippen LogP contribution in [0.4, 0.5) is 0 Å². The number of hydrogen-bond acceptors (Lipinski definition) is 2. The largest absolute Gasteiger partial charge is 0.508 e. The van der Waals surface area contributed by atoms with Crippen LogP contribution in [0.2, 0.25) is 0 Å². The number of rotatable bonds is 1. The molecule has 0 radical (unpaired) electrons. The lowest BCUT2D eigenvalue weighted by molar-refractivity contribution is 0.365. The maximum Gasteiger partial charge on any atom is 0.116 e. The summed E-state index contributed by atoms with van der Waals surface area (Å²) in [7, 11) is 0. The van der Waals surface area contributed by atoms with E-state index in [1.54, 1.807) is 6.07 Å². The number of phenolic OH excluding ortho intramolecular Hbond substituents is 1. The first-order valence-corrected chi connectivity index (χ1v) is 6.25. The molecule has 0 aliphatic carbocycles. The minimum absolute atomic E-state index is 0.343.